The van der Waals surface area contributed by atoms with Crippen LogP contribution in [0.5, 0.6) is 0 Å². The van der Waals surface area contributed by atoms with Gasteiger partial charge in [0.05, 0.1) is 0 Å². The molecule has 0 radical (unpaired) electrons. The van der Waals surface area contributed by atoms with E-state index < -0.39 is 0 Å². The number of thioether (sulfide) groups is 1. The second-order valence-electron chi connectivity index (χ2n) is 3.07. The third kappa shape index (κ3) is 3.42. The first kappa shape index (κ1) is 10.5. The topological polar surface area (TPSA) is 3.24 Å². The average molecular weight is 203 g/mol. The molecule has 0 aliphatic carbocycles. The monoisotopic (exact) mass is 203 g/mol. The zero-order valence-corrected chi connectivity index (χ0v) is 9.28. The number of nitrogens with zero attached hydrogens (tertiary/aromatic N) is 1. The van der Waals surface area contributed by atoms with Gasteiger partial charge in [0.25, 0.3) is 0 Å². The lowest BCUT2D eigenvalue weighted by atomic mass is 10.3. The van der Waals surface area contributed by atoms with E-state index >= 15 is 0 Å². The quantitative estimate of drug-likeness (QED) is 0.551. The van der Waals surface area contributed by atoms with Crippen molar-refractivity contribution < 1.29 is 0 Å². The molecular formula is C9H17NS2. The van der Waals surface area contributed by atoms with Crippen molar-refractivity contribution in [2.24, 2.45) is 0 Å². The van der Waals surface area contributed by atoms with Gasteiger partial charge in [-0.3, -0.25) is 4.90 Å². The Morgan fingerprint density at radius 2 is 2.42 bits per heavy atom. The molecule has 0 aromatic carbocycles. The standard InChI is InChI=1S/C9H17NS2/c1-9-8-12-7-5-10(9)4-2-3-6-11/h2-3,9,11H,4-8H2,1H3. The summed E-state index contributed by atoms with van der Waals surface area (Å²) in [6, 6.07) is 0.744. The van der Waals surface area contributed by atoms with Crippen molar-refractivity contribution in [3.63, 3.8) is 0 Å². The molecule has 1 aliphatic rings. The zero-order chi connectivity index (χ0) is 8.81. The molecule has 1 atom stereocenters. The molecule has 1 rings (SSSR count). The lowest BCUT2D eigenvalue weighted by molar-refractivity contribution is 0.258. The van der Waals surface area contributed by atoms with Crippen molar-refractivity contribution in [2.45, 2.75) is 13.0 Å². The smallest absolute Gasteiger partial charge is 0.0167 e. The lowest BCUT2D eigenvalue weighted by Crippen LogP contribution is -2.40. The van der Waals surface area contributed by atoms with Crippen LogP contribution in [-0.2, 0) is 0 Å². The minimum Gasteiger partial charge on any atom is -0.295 e. The largest absolute Gasteiger partial charge is 0.295 e. The number of rotatable bonds is 3. The number of thiol groups is 1. The Labute approximate surface area is 85.0 Å². The van der Waals surface area contributed by atoms with Crippen molar-refractivity contribution >= 4 is 24.4 Å². The van der Waals surface area contributed by atoms with E-state index in [1.807, 2.05) is 0 Å². The molecule has 1 fully saturated rings. The van der Waals surface area contributed by atoms with Crippen LogP contribution in [0.15, 0.2) is 12.2 Å². The molecule has 0 aromatic rings. The van der Waals surface area contributed by atoms with E-state index in [0.717, 1.165) is 18.3 Å². The fraction of sp³-hybridized carbons (Fsp3) is 0.778. The first-order valence-electron chi connectivity index (χ1n) is 4.42. The SMILES string of the molecule is CC1CSCCN1CC=CCS. The van der Waals surface area contributed by atoms with E-state index in [-0.39, 0.29) is 0 Å². The van der Waals surface area contributed by atoms with Crippen molar-refractivity contribution in [1.29, 1.82) is 0 Å². The van der Waals surface area contributed by atoms with Gasteiger partial charge in [-0.2, -0.15) is 24.4 Å². The number of hydrogen-bond acceptors (Lipinski definition) is 3. The summed E-state index contributed by atoms with van der Waals surface area (Å²) >= 11 is 6.20. The molecule has 0 spiro atoms. The predicted molar refractivity (Wildman–Crippen MR) is 61.4 cm³/mol. The van der Waals surface area contributed by atoms with Gasteiger partial charge in [-0.1, -0.05) is 12.2 Å². The molecule has 0 amide bonds. The first-order valence-corrected chi connectivity index (χ1v) is 6.21. The molecule has 0 bridgehead atoms. The second kappa shape index (κ2) is 5.95. The third-order valence-electron chi connectivity index (χ3n) is 2.12. The molecular weight excluding hydrogens is 186 g/mol. The second-order valence-corrected chi connectivity index (χ2v) is 4.59. The van der Waals surface area contributed by atoms with Crippen LogP contribution in [0, 0.1) is 0 Å². The van der Waals surface area contributed by atoms with E-state index in [4.69, 9.17) is 0 Å². The maximum Gasteiger partial charge on any atom is 0.0167 e. The minimum atomic E-state index is 0.744. The van der Waals surface area contributed by atoms with Crippen LogP contribution in [-0.4, -0.2) is 41.3 Å². The normalized spacial score (nSPS) is 26.7. The highest BCUT2D eigenvalue weighted by molar-refractivity contribution is 7.99. The highest BCUT2D eigenvalue weighted by Gasteiger charge is 2.16. The predicted octanol–water partition coefficient (Wildman–Crippen LogP) is 1.91. The minimum absolute atomic E-state index is 0.744. The van der Waals surface area contributed by atoms with Gasteiger partial charge in [0.2, 0.25) is 0 Å². The van der Waals surface area contributed by atoms with Gasteiger partial charge in [0.1, 0.15) is 0 Å². The Bertz CT molecular complexity index is 147. The van der Waals surface area contributed by atoms with Crippen LogP contribution >= 0.6 is 24.4 Å². The highest BCUT2D eigenvalue weighted by Crippen LogP contribution is 2.15. The molecule has 1 saturated heterocycles. The van der Waals surface area contributed by atoms with Gasteiger partial charge in [0.15, 0.2) is 0 Å². The Morgan fingerprint density at radius 1 is 1.58 bits per heavy atom. The lowest BCUT2D eigenvalue weighted by Gasteiger charge is -2.31. The van der Waals surface area contributed by atoms with E-state index in [2.05, 4.69) is 48.4 Å². The molecule has 1 heterocycles. The van der Waals surface area contributed by atoms with Crippen molar-refractivity contribution in [3.05, 3.63) is 12.2 Å². The fourth-order valence-corrected chi connectivity index (χ4v) is 2.55. The first-order chi connectivity index (χ1) is 5.84. The van der Waals surface area contributed by atoms with Crippen molar-refractivity contribution in [2.75, 3.05) is 30.3 Å². The van der Waals surface area contributed by atoms with Gasteiger partial charge in [-0.15, -0.1) is 0 Å². The fourth-order valence-electron chi connectivity index (χ4n) is 1.32. The molecule has 0 aromatic heterocycles. The van der Waals surface area contributed by atoms with Gasteiger partial charge in [-0.05, 0) is 6.92 Å². The van der Waals surface area contributed by atoms with E-state index in [0.29, 0.717) is 0 Å². The highest BCUT2D eigenvalue weighted by atomic mass is 32.2. The van der Waals surface area contributed by atoms with Crippen LogP contribution < -0.4 is 0 Å². The average Bonchev–Trinajstić information content (AvgIpc) is 2.09. The summed E-state index contributed by atoms with van der Waals surface area (Å²) < 4.78 is 0. The summed E-state index contributed by atoms with van der Waals surface area (Å²) in [6.07, 6.45) is 4.34. The van der Waals surface area contributed by atoms with Crippen LogP contribution in [0.4, 0.5) is 0 Å². The Balaban J connectivity index is 2.24. The Kier molecular flexibility index (Phi) is 5.19. The molecule has 70 valence electrons. The summed E-state index contributed by atoms with van der Waals surface area (Å²) in [6.45, 7) is 4.64. The van der Waals surface area contributed by atoms with E-state index in [9.17, 15) is 0 Å². The maximum absolute atomic E-state index is 4.13. The molecule has 0 saturated carbocycles. The summed E-state index contributed by atoms with van der Waals surface area (Å²) in [7, 11) is 0. The van der Waals surface area contributed by atoms with Crippen molar-refractivity contribution in [1.82, 2.24) is 4.90 Å². The van der Waals surface area contributed by atoms with Crippen LogP contribution in [0.1, 0.15) is 6.92 Å². The van der Waals surface area contributed by atoms with Crippen LogP contribution in [0.25, 0.3) is 0 Å². The molecule has 3 heteroatoms. The summed E-state index contributed by atoms with van der Waals surface area (Å²) in [4.78, 5) is 2.52. The maximum atomic E-state index is 4.13. The third-order valence-corrected chi connectivity index (χ3v) is 3.52. The number of hydrogen-bond donors (Lipinski definition) is 1. The Hall–Kier alpha value is 0.400. The summed E-state index contributed by atoms with van der Waals surface area (Å²) in [5.74, 6) is 3.44. The zero-order valence-electron chi connectivity index (χ0n) is 7.57. The van der Waals surface area contributed by atoms with Crippen LogP contribution in [0.2, 0.25) is 0 Å². The van der Waals surface area contributed by atoms with Gasteiger partial charge < -0.3 is 0 Å². The molecule has 1 nitrogen and oxygen atoms in total. The molecule has 0 N–H and O–H groups in total. The van der Waals surface area contributed by atoms with Gasteiger partial charge in [-0.25, -0.2) is 0 Å². The van der Waals surface area contributed by atoms with Gasteiger partial charge >= 0.3 is 0 Å². The van der Waals surface area contributed by atoms with Gasteiger partial charge in [0, 0.05) is 36.4 Å². The molecule has 1 aliphatic heterocycles. The van der Waals surface area contributed by atoms with Crippen molar-refractivity contribution in [3.8, 4) is 0 Å². The summed E-state index contributed by atoms with van der Waals surface area (Å²) in [5.41, 5.74) is 0. The molecule has 12 heavy (non-hydrogen) atoms. The summed E-state index contributed by atoms with van der Waals surface area (Å²) in [5, 5.41) is 0. The Morgan fingerprint density at radius 3 is 3.08 bits per heavy atom. The van der Waals surface area contributed by atoms with Crippen LogP contribution in [0.3, 0.4) is 0 Å². The molecule has 1 unspecified atom stereocenters. The van der Waals surface area contributed by atoms with E-state index in [1.165, 1.54) is 18.1 Å². The van der Waals surface area contributed by atoms with E-state index in [1.54, 1.807) is 0 Å².